The summed E-state index contributed by atoms with van der Waals surface area (Å²) >= 11 is 0. The number of nitrogen functional groups attached to an aromatic ring is 1. The van der Waals surface area contributed by atoms with Crippen LogP contribution in [0.25, 0.3) is 10.9 Å². The number of nitrogens with two attached hydrogens (primary N) is 1. The van der Waals surface area contributed by atoms with E-state index >= 15 is 0 Å². The van der Waals surface area contributed by atoms with Crippen LogP contribution in [0.4, 0.5) is 11.4 Å². The van der Waals surface area contributed by atoms with E-state index in [0.717, 1.165) is 28.0 Å². The molecule has 0 spiro atoms. The zero-order valence-electron chi connectivity index (χ0n) is 10.2. The normalized spacial score (nSPS) is 12.4. The zero-order valence-corrected chi connectivity index (χ0v) is 10.2. The van der Waals surface area contributed by atoms with Gasteiger partial charge in [0.05, 0.1) is 5.52 Å². The third kappa shape index (κ3) is 2.38. The molecule has 1 unspecified atom stereocenters. The van der Waals surface area contributed by atoms with Gasteiger partial charge in [-0.1, -0.05) is 6.08 Å². The first-order chi connectivity index (χ1) is 8.10. The average molecular weight is 227 g/mol. The lowest BCUT2D eigenvalue weighted by Crippen LogP contribution is -2.12. The Morgan fingerprint density at radius 2 is 2.18 bits per heavy atom. The highest BCUT2D eigenvalue weighted by atomic mass is 14.9. The second kappa shape index (κ2) is 4.45. The van der Waals surface area contributed by atoms with Crippen LogP contribution in [-0.2, 0) is 0 Å². The highest BCUT2D eigenvalue weighted by Gasteiger charge is 2.06. The Balaban J connectivity index is 2.59. The lowest BCUT2D eigenvalue weighted by Gasteiger charge is -2.14. The van der Waals surface area contributed by atoms with Gasteiger partial charge in [0.1, 0.15) is 0 Å². The van der Waals surface area contributed by atoms with Gasteiger partial charge >= 0.3 is 0 Å². The van der Waals surface area contributed by atoms with Gasteiger partial charge in [0.25, 0.3) is 0 Å². The van der Waals surface area contributed by atoms with E-state index in [1.54, 1.807) is 0 Å². The van der Waals surface area contributed by atoms with E-state index < -0.39 is 0 Å². The summed E-state index contributed by atoms with van der Waals surface area (Å²) < 4.78 is 0. The van der Waals surface area contributed by atoms with Crippen molar-refractivity contribution in [2.75, 3.05) is 11.1 Å². The third-order valence-corrected chi connectivity index (χ3v) is 2.70. The molecule has 1 heterocycles. The van der Waals surface area contributed by atoms with E-state index in [1.165, 1.54) is 0 Å². The number of aryl methyl sites for hydroxylation is 1. The SMILES string of the molecule is C=CC(C)Nc1cc(C)nc2ccc(N)cc12. The summed E-state index contributed by atoms with van der Waals surface area (Å²) in [6, 6.07) is 8.00. The van der Waals surface area contributed by atoms with Crippen LogP contribution in [0.3, 0.4) is 0 Å². The smallest absolute Gasteiger partial charge is 0.0727 e. The van der Waals surface area contributed by atoms with Crippen molar-refractivity contribution in [3.63, 3.8) is 0 Å². The molecule has 0 aliphatic carbocycles. The number of anilines is 2. The minimum Gasteiger partial charge on any atom is -0.399 e. The maximum atomic E-state index is 5.82. The van der Waals surface area contributed by atoms with Crippen LogP contribution in [0.5, 0.6) is 0 Å². The van der Waals surface area contributed by atoms with E-state index in [1.807, 2.05) is 37.3 Å². The van der Waals surface area contributed by atoms with Crippen molar-refractivity contribution in [2.24, 2.45) is 0 Å². The Labute approximate surface area is 101 Å². The van der Waals surface area contributed by atoms with Crippen LogP contribution in [0.1, 0.15) is 12.6 Å². The highest BCUT2D eigenvalue weighted by molar-refractivity contribution is 5.93. The molecule has 0 bridgehead atoms. The van der Waals surface area contributed by atoms with Gasteiger partial charge in [-0.15, -0.1) is 6.58 Å². The van der Waals surface area contributed by atoms with Crippen LogP contribution >= 0.6 is 0 Å². The molecule has 1 aromatic carbocycles. The molecule has 1 aromatic heterocycles. The molecule has 17 heavy (non-hydrogen) atoms. The minimum atomic E-state index is 0.210. The van der Waals surface area contributed by atoms with Crippen molar-refractivity contribution in [3.8, 4) is 0 Å². The molecule has 88 valence electrons. The number of fused-ring (bicyclic) bond motifs is 1. The second-order valence-electron chi connectivity index (χ2n) is 4.26. The minimum absolute atomic E-state index is 0.210. The molecule has 0 saturated carbocycles. The van der Waals surface area contributed by atoms with Crippen LogP contribution in [0.15, 0.2) is 36.9 Å². The molecule has 0 amide bonds. The second-order valence-corrected chi connectivity index (χ2v) is 4.26. The van der Waals surface area contributed by atoms with E-state index in [0.29, 0.717) is 0 Å². The Bertz CT molecular complexity index is 561. The van der Waals surface area contributed by atoms with Crippen molar-refractivity contribution >= 4 is 22.3 Å². The summed E-state index contributed by atoms with van der Waals surface area (Å²) in [5, 5.41) is 4.43. The van der Waals surface area contributed by atoms with E-state index in [4.69, 9.17) is 5.73 Å². The number of nitrogens with one attached hydrogen (secondary N) is 1. The van der Waals surface area contributed by atoms with Crippen LogP contribution in [-0.4, -0.2) is 11.0 Å². The molecule has 0 radical (unpaired) electrons. The maximum absolute atomic E-state index is 5.82. The standard InChI is InChI=1S/C14H17N3/c1-4-9(2)16-14-7-10(3)17-13-6-5-11(15)8-12(13)14/h4-9H,1,15H2,2-3H3,(H,16,17). The molecule has 0 aliphatic rings. The van der Waals surface area contributed by atoms with Gasteiger partial charge in [0.15, 0.2) is 0 Å². The van der Waals surface area contributed by atoms with Gasteiger partial charge in [0, 0.05) is 28.5 Å². The fourth-order valence-electron chi connectivity index (χ4n) is 1.80. The third-order valence-electron chi connectivity index (χ3n) is 2.70. The summed E-state index contributed by atoms with van der Waals surface area (Å²) in [6.07, 6.45) is 1.87. The first-order valence-corrected chi connectivity index (χ1v) is 5.66. The van der Waals surface area contributed by atoms with Crippen LogP contribution < -0.4 is 11.1 Å². The van der Waals surface area contributed by atoms with Crippen molar-refractivity contribution in [1.82, 2.24) is 4.98 Å². The first-order valence-electron chi connectivity index (χ1n) is 5.66. The van der Waals surface area contributed by atoms with Gasteiger partial charge in [-0.2, -0.15) is 0 Å². The topological polar surface area (TPSA) is 50.9 Å². The Morgan fingerprint density at radius 3 is 2.88 bits per heavy atom. The fraction of sp³-hybridized carbons (Fsp3) is 0.214. The van der Waals surface area contributed by atoms with Crippen molar-refractivity contribution in [1.29, 1.82) is 0 Å². The summed E-state index contributed by atoms with van der Waals surface area (Å²) in [7, 11) is 0. The largest absolute Gasteiger partial charge is 0.399 e. The molecule has 3 heteroatoms. The van der Waals surface area contributed by atoms with E-state index in [2.05, 4.69) is 23.8 Å². The molecule has 0 saturated heterocycles. The van der Waals surface area contributed by atoms with Gasteiger partial charge in [0.2, 0.25) is 0 Å². The number of pyridine rings is 1. The van der Waals surface area contributed by atoms with Gasteiger partial charge in [-0.3, -0.25) is 4.98 Å². The number of benzene rings is 1. The molecule has 2 aromatic rings. The molecular weight excluding hydrogens is 210 g/mol. The van der Waals surface area contributed by atoms with Crippen molar-refractivity contribution in [2.45, 2.75) is 19.9 Å². The molecule has 2 rings (SSSR count). The first kappa shape index (κ1) is 11.5. The Kier molecular flexibility index (Phi) is 3.00. The van der Waals surface area contributed by atoms with Crippen molar-refractivity contribution < 1.29 is 0 Å². The van der Waals surface area contributed by atoms with Gasteiger partial charge < -0.3 is 11.1 Å². The molecule has 1 atom stereocenters. The zero-order chi connectivity index (χ0) is 12.4. The Morgan fingerprint density at radius 1 is 1.41 bits per heavy atom. The average Bonchev–Trinajstić information content (AvgIpc) is 2.29. The maximum Gasteiger partial charge on any atom is 0.0727 e. The highest BCUT2D eigenvalue weighted by Crippen LogP contribution is 2.25. The summed E-state index contributed by atoms with van der Waals surface area (Å²) in [6.45, 7) is 7.82. The predicted molar refractivity (Wildman–Crippen MR) is 74.2 cm³/mol. The number of nitrogens with zero attached hydrogens (tertiary/aromatic N) is 1. The monoisotopic (exact) mass is 227 g/mol. The molecule has 0 fully saturated rings. The molecular formula is C14H17N3. The van der Waals surface area contributed by atoms with E-state index in [9.17, 15) is 0 Å². The van der Waals surface area contributed by atoms with Crippen LogP contribution in [0, 0.1) is 6.92 Å². The number of aromatic nitrogens is 1. The molecule has 3 N–H and O–H groups in total. The number of hydrogen-bond acceptors (Lipinski definition) is 3. The van der Waals surface area contributed by atoms with Gasteiger partial charge in [-0.25, -0.2) is 0 Å². The molecule has 0 aliphatic heterocycles. The lowest BCUT2D eigenvalue weighted by molar-refractivity contribution is 1.00. The van der Waals surface area contributed by atoms with Gasteiger partial charge in [-0.05, 0) is 38.1 Å². The summed E-state index contributed by atoms with van der Waals surface area (Å²) in [4.78, 5) is 4.49. The number of hydrogen-bond donors (Lipinski definition) is 2. The van der Waals surface area contributed by atoms with Crippen LogP contribution in [0.2, 0.25) is 0 Å². The van der Waals surface area contributed by atoms with Crippen molar-refractivity contribution in [3.05, 3.63) is 42.6 Å². The lowest BCUT2D eigenvalue weighted by atomic mass is 10.1. The number of rotatable bonds is 3. The summed E-state index contributed by atoms with van der Waals surface area (Å²) in [5.74, 6) is 0. The quantitative estimate of drug-likeness (QED) is 0.625. The molecule has 3 nitrogen and oxygen atoms in total. The predicted octanol–water partition coefficient (Wildman–Crippen LogP) is 3.11. The van der Waals surface area contributed by atoms with E-state index in [-0.39, 0.29) is 6.04 Å². The fourth-order valence-corrected chi connectivity index (χ4v) is 1.80. The summed E-state index contributed by atoms with van der Waals surface area (Å²) in [5.41, 5.74) is 9.56. The Hall–Kier alpha value is -2.03.